The first kappa shape index (κ1) is 15.4. The number of likely N-dealkylation sites (tertiary alicyclic amines) is 1. The molecule has 21 heavy (non-hydrogen) atoms. The smallest absolute Gasteiger partial charge is 0.234 e. The number of amides is 2. The zero-order chi connectivity index (χ0) is 15.2. The molecule has 1 atom stereocenters. The molecule has 0 unspecified atom stereocenters. The Morgan fingerprint density at radius 3 is 2.67 bits per heavy atom. The van der Waals surface area contributed by atoms with E-state index in [1.54, 1.807) is 12.1 Å². The van der Waals surface area contributed by atoms with Crippen LogP contribution in [0.3, 0.4) is 0 Å². The molecule has 0 saturated carbocycles. The standard InChI is InChI=1S/C15H20FN3O2/c16-12-6-4-11(5-7-12)9-18-14(20)10-19-8-2-1-3-13(19)15(17)21/h4-7,13H,1-3,8-10H2,(H2,17,21)(H,18,20)/t13-/m0/s1. The van der Waals surface area contributed by atoms with Gasteiger partial charge >= 0.3 is 0 Å². The topological polar surface area (TPSA) is 75.4 Å². The van der Waals surface area contributed by atoms with E-state index in [1.165, 1.54) is 12.1 Å². The predicted molar refractivity (Wildman–Crippen MR) is 76.7 cm³/mol. The van der Waals surface area contributed by atoms with Gasteiger partial charge in [-0.25, -0.2) is 4.39 Å². The molecule has 0 aliphatic carbocycles. The van der Waals surface area contributed by atoms with Crippen LogP contribution in [-0.2, 0) is 16.1 Å². The fourth-order valence-electron chi connectivity index (χ4n) is 2.55. The van der Waals surface area contributed by atoms with Gasteiger partial charge in [-0.2, -0.15) is 0 Å². The highest BCUT2D eigenvalue weighted by Crippen LogP contribution is 2.16. The highest BCUT2D eigenvalue weighted by Gasteiger charge is 2.28. The first-order chi connectivity index (χ1) is 10.1. The van der Waals surface area contributed by atoms with Crippen LogP contribution in [0.2, 0.25) is 0 Å². The molecule has 0 bridgehead atoms. The molecule has 0 radical (unpaired) electrons. The monoisotopic (exact) mass is 293 g/mol. The number of carbonyl (C=O) groups excluding carboxylic acids is 2. The van der Waals surface area contributed by atoms with Crippen molar-refractivity contribution in [1.82, 2.24) is 10.2 Å². The zero-order valence-electron chi connectivity index (χ0n) is 11.8. The second-order valence-electron chi connectivity index (χ2n) is 5.29. The van der Waals surface area contributed by atoms with Crippen LogP contribution in [0.25, 0.3) is 0 Å². The van der Waals surface area contributed by atoms with Crippen LogP contribution in [0, 0.1) is 5.82 Å². The molecule has 1 aromatic rings. The normalized spacial score (nSPS) is 19.2. The van der Waals surface area contributed by atoms with Crippen molar-refractivity contribution in [2.24, 2.45) is 5.73 Å². The van der Waals surface area contributed by atoms with Crippen LogP contribution < -0.4 is 11.1 Å². The van der Waals surface area contributed by atoms with Crippen molar-refractivity contribution >= 4 is 11.8 Å². The average molecular weight is 293 g/mol. The number of benzene rings is 1. The van der Waals surface area contributed by atoms with Gasteiger partial charge in [0.05, 0.1) is 12.6 Å². The van der Waals surface area contributed by atoms with Crippen LogP contribution in [-0.4, -0.2) is 35.8 Å². The highest BCUT2D eigenvalue weighted by atomic mass is 19.1. The lowest BCUT2D eigenvalue weighted by atomic mass is 10.0. The minimum absolute atomic E-state index is 0.160. The van der Waals surface area contributed by atoms with E-state index in [2.05, 4.69) is 5.32 Å². The van der Waals surface area contributed by atoms with E-state index in [-0.39, 0.29) is 30.2 Å². The number of nitrogens with one attached hydrogen (secondary N) is 1. The molecule has 0 aromatic heterocycles. The largest absolute Gasteiger partial charge is 0.368 e. The van der Waals surface area contributed by atoms with E-state index >= 15 is 0 Å². The Balaban J connectivity index is 1.83. The summed E-state index contributed by atoms with van der Waals surface area (Å²) in [7, 11) is 0. The van der Waals surface area contributed by atoms with Crippen molar-refractivity contribution in [3.8, 4) is 0 Å². The maximum Gasteiger partial charge on any atom is 0.234 e. The van der Waals surface area contributed by atoms with Crippen molar-refractivity contribution in [2.75, 3.05) is 13.1 Å². The summed E-state index contributed by atoms with van der Waals surface area (Å²) in [4.78, 5) is 25.1. The lowest BCUT2D eigenvalue weighted by Crippen LogP contribution is -2.51. The molecule has 114 valence electrons. The summed E-state index contributed by atoms with van der Waals surface area (Å²) in [6.07, 6.45) is 2.64. The van der Waals surface area contributed by atoms with Crippen molar-refractivity contribution < 1.29 is 14.0 Å². The minimum atomic E-state index is -0.374. The van der Waals surface area contributed by atoms with Gasteiger partial charge in [0.1, 0.15) is 5.82 Å². The number of hydrogen-bond acceptors (Lipinski definition) is 3. The Bertz CT molecular complexity index is 504. The Morgan fingerprint density at radius 2 is 2.00 bits per heavy atom. The fourth-order valence-corrected chi connectivity index (χ4v) is 2.55. The van der Waals surface area contributed by atoms with Crippen LogP contribution >= 0.6 is 0 Å². The van der Waals surface area contributed by atoms with Gasteiger partial charge in [0.2, 0.25) is 11.8 Å². The van der Waals surface area contributed by atoms with Crippen LogP contribution in [0.5, 0.6) is 0 Å². The zero-order valence-corrected chi connectivity index (χ0v) is 11.8. The molecule has 1 aliphatic heterocycles. The molecule has 1 aliphatic rings. The first-order valence-electron chi connectivity index (χ1n) is 7.11. The van der Waals surface area contributed by atoms with Crippen molar-refractivity contribution in [2.45, 2.75) is 31.8 Å². The second-order valence-corrected chi connectivity index (χ2v) is 5.29. The van der Waals surface area contributed by atoms with E-state index < -0.39 is 0 Å². The van der Waals surface area contributed by atoms with Gasteiger partial charge < -0.3 is 11.1 Å². The van der Waals surface area contributed by atoms with Crippen molar-refractivity contribution in [3.63, 3.8) is 0 Å². The lowest BCUT2D eigenvalue weighted by Gasteiger charge is -2.32. The van der Waals surface area contributed by atoms with Gasteiger partial charge in [0.25, 0.3) is 0 Å². The van der Waals surface area contributed by atoms with Gasteiger partial charge in [-0.3, -0.25) is 14.5 Å². The molecule has 1 fully saturated rings. The molecule has 1 heterocycles. The SMILES string of the molecule is NC(=O)[C@@H]1CCCCN1CC(=O)NCc1ccc(F)cc1. The number of primary amides is 1. The number of nitrogens with zero attached hydrogens (tertiary/aromatic N) is 1. The number of nitrogens with two attached hydrogens (primary N) is 1. The summed E-state index contributed by atoms with van der Waals surface area (Å²) in [5.74, 6) is -0.837. The Labute approximate surface area is 123 Å². The van der Waals surface area contributed by atoms with Crippen molar-refractivity contribution in [3.05, 3.63) is 35.6 Å². The second kappa shape index (κ2) is 7.17. The van der Waals surface area contributed by atoms with E-state index in [0.29, 0.717) is 19.5 Å². The average Bonchev–Trinajstić information content (AvgIpc) is 2.47. The molecule has 1 aromatic carbocycles. The molecule has 0 spiro atoms. The number of rotatable bonds is 5. The third kappa shape index (κ3) is 4.53. The van der Waals surface area contributed by atoms with Gasteiger partial charge in [0.15, 0.2) is 0 Å². The third-order valence-corrected chi connectivity index (χ3v) is 3.69. The van der Waals surface area contributed by atoms with E-state index in [9.17, 15) is 14.0 Å². The molecular weight excluding hydrogens is 273 g/mol. The van der Waals surface area contributed by atoms with Crippen LogP contribution in [0.15, 0.2) is 24.3 Å². The number of piperidine rings is 1. The summed E-state index contributed by atoms with van der Waals surface area (Å²) >= 11 is 0. The molecule has 3 N–H and O–H groups in total. The molecule has 2 amide bonds. The third-order valence-electron chi connectivity index (χ3n) is 3.69. The van der Waals surface area contributed by atoms with Gasteiger partial charge in [-0.1, -0.05) is 18.6 Å². The summed E-state index contributed by atoms with van der Waals surface area (Å²) in [6, 6.07) is 5.62. The predicted octanol–water partition coefficient (Wildman–Crippen LogP) is 0.782. The lowest BCUT2D eigenvalue weighted by molar-refractivity contribution is -0.128. The van der Waals surface area contributed by atoms with Crippen LogP contribution in [0.1, 0.15) is 24.8 Å². The van der Waals surface area contributed by atoms with Crippen molar-refractivity contribution in [1.29, 1.82) is 0 Å². The molecular formula is C15H20FN3O2. The Hall–Kier alpha value is -1.95. The Morgan fingerprint density at radius 1 is 1.29 bits per heavy atom. The summed E-state index contributed by atoms with van der Waals surface area (Å²) < 4.78 is 12.8. The fraction of sp³-hybridized carbons (Fsp3) is 0.467. The minimum Gasteiger partial charge on any atom is -0.368 e. The highest BCUT2D eigenvalue weighted by molar-refractivity contribution is 5.82. The summed E-state index contributed by atoms with van der Waals surface area (Å²) in [5, 5.41) is 2.77. The molecule has 5 nitrogen and oxygen atoms in total. The van der Waals surface area contributed by atoms with Gasteiger partial charge in [-0.15, -0.1) is 0 Å². The first-order valence-corrected chi connectivity index (χ1v) is 7.11. The van der Waals surface area contributed by atoms with Crippen LogP contribution in [0.4, 0.5) is 4.39 Å². The maximum absolute atomic E-state index is 12.8. The van der Waals surface area contributed by atoms with E-state index in [1.807, 2.05) is 4.90 Å². The summed E-state index contributed by atoms with van der Waals surface area (Å²) in [5.41, 5.74) is 6.19. The molecule has 2 rings (SSSR count). The quantitative estimate of drug-likeness (QED) is 0.842. The van der Waals surface area contributed by atoms with Gasteiger partial charge in [0, 0.05) is 6.54 Å². The number of carbonyl (C=O) groups is 2. The van der Waals surface area contributed by atoms with E-state index in [0.717, 1.165) is 18.4 Å². The maximum atomic E-state index is 12.8. The summed E-state index contributed by atoms with van der Waals surface area (Å²) in [6.45, 7) is 1.21. The van der Waals surface area contributed by atoms with E-state index in [4.69, 9.17) is 5.73 Å². The molecule has 6 heteroatoms. The number of halogens is 1. The Kier molecular flexibility index (Phi) is 5.27. The molecule has 1 saturated heterocycles. The number of hydrogen-bond donors (Lipinski definition) is 2. The van der Waals surface area contributed by atoms with Gasteiger partial charge in [-0.05, 0) is 37.1 Å².